The van der Waals surface area contributed by atoms with Gasteiger partial charge in [0.15, 0.2) is 0 Å². The number of para-hydroxylation sites is 1. The van der Waals surface area contributed by atoms with E-state index in [2.05, 4.69) is 56.6 Å². The van der Waals surface area contributed by atoms with Crippen LogP contribution >= 0.6 is 11.3 Å². The number of rotatable bonds is 10. The molecule has 3 N–H and O–H groups in total. The van der Waals surface area contributed by atoms with Crippen LogP contribution < -0.4 is 15.8 Å². The van der Waals surface area contributed by atoms with Gasteiger partial charge in [0.05, 0.1) is 12.8 Å². The van der Waals surface area contributed by atoms with Crippen molar-refractivity contribution in [3.05, 3.63) is 77.4 Å². The third-order valence-electron chi connectivity index (χ3n) is 8.59. The molecule has 9 nitrogen and oxygen atoms in total. The lowest BCUT2D eigenvalue weighted by atomic mass is 10.0. The molecule has 1 saturated heterocycles. The first-order valence-corrected chi connectivity index (χ1v) is 16.2. The molecular formula is C35H41N7O2S. The SMILES string of the molecule is COc1cc(-c2csc3c(C=CCN4CCN(CCN(C)C)CC4)cnc(N)c23)ccc1NC(=O)c1cc2ccccc2n1C. The van der Waals surface area contributed by atoms with Crippen LogP contribution in [0.4, 0.5) is 11.5 Å². The van der Waals surface area contributed by atoms with Gasteiger partial charge in [-0.05, 0) is 49.3 Å². The van der Waals surface area contributed by atoms with Crippen molar-refractivity contribution in [2.45, 2.75) is 0 Å². The quantitative estimate of drug-likeness (QED) is 0.213. The number of piperazine rings is 1. The van der Waals surface area contributed by atoms with Gasteiger partial charge in [0.2, 0.25) is 0 Å². The fourth-order valence-corrected chi connectivity index (χ4v) is 7.02. The van der Waals surface area contributed by atoms with E-state index < -0.39 is 0 Å². The molecule has 234 valence electrons. The number of nitrogen functional groups attached to an aromatic ring is 1. The molecule has 4 heterocycles. The van der Waals surface area contributed by atoms with Gasteiger partial charge in [0.1, 0.15) is 17.3 Å². The van der Waals surface area contributed by atoms with Crippen LogP contribution in [0.25, 0.3) is 38.2 Å². The number of nitrogens with one attached hydrogen (secondary N) is 1. The van der Waals surface area contributed by atoms with Gasteiger partial charge in [0.25, 0.3) is 5.91 Å². The van der Waals surface area contributed by atoms with E-state index >= 15 is 0 Å². The largest absolute Gasteiger partial charge is 0.495 e. The summed E-state index contributed by atoms with van der Waals surface area (Å²) < 4.78 is 8.74. The summed E-state index contributed by atoms with van der Waals surface area (Å²) >= 11 is 1.66. The Bertz CT molecular complexity index is 1850. The summed E-state index contributed by atoms with van der Waals surface area (Å²) in [5, 5.41) is 7.11. The molecule has 0 spiro atoms. The van der Waals surface area contributed by atoms with Crippen LogP contribution in [-0.2, 0) is 7.05 Å². The third-order valence-corrected chi connectivity index (χ3v) is 9.62. The molecule has 0 atom stereocenters. The second-order valence-electron chi connectivity index (χ2n) is 11.8. The molecule has 1 aliphatic heterocycles. The highest BCUT2D eigenvalue weighted by Crippen LogP contribution is 2.41. The number of aryl methyl sites for hydroxylation is 1. The number of benzene rings is 2. The molecule has 1 aliphatic rings. The van der Waals surface area contributed by atoms with Crippen molar-refractivity contribution in [3.8, 4) is 16.9 Å². The maximum Gasteiger partial charge on any atom is 0.272 e. The Hall–Kier alpha value is -4.22. The number of nitrogens with two attached hydrogens (primary N) is 1. The molecule has 0 unspecified atom stereocenters. The first-order chi connectivity index (χ1) is 21.8. The van der Waals surface area contributed by atoms with E-state index in [1.165, 1.54) is 0 Å². The molecule has 0 saturated carbocycles. The number of carbonyl (C=O) groups excluding carboxylic acids is 1. The molecule has 0 aliphatic carbocycles. The highest BCUT2D eigenvalue weighted by Gasteiger charge is 2.19. The summed E-state index contributed by atoms with van der Waals surface area (Å²) in [5.74, 6) is 0.875. The Labute approximate surface area is 268 Å². The molecular weight excluding hydrogens is 582 g/mol. The van der Waals surface area contributed by atoms with E-state index in [1.54, 1.807) is 18.4 Å². The highest BCUT2D eigenvalue weighted by molar-refractivity contribution is 7.18. The van der Waals surface area contributed by atoms with Gasteiger partial charge in [-0.2, -0.15) is 0 Å². The van der Waals surface area contributed by atoms with Gasteiger partial charge >= 0.3 is 0 Å². The van der Waals surface area contributed by atoms with Crippen LogP contribution in [0.5, 0.6) is 5.75 Å². The van der Waals surface area contributed by atoms with Crippen molar-refractivity contribution >= 4 is 55.8 Å². The van der Waals surface area contributed by atoms with Crippen LogP contribution in [0.2, 0.25) is 0 Å². The molecule has 0 bridgehead atoms. The van der Waals surface area contributed by atoms with E-state index in [0.717, 1.165) is 83.5 Å². The second kappa shape index (κ2) is 13.4. The number of hydrogen-bond donors (Lipinski definition) is 2. The molecule has 2 aromatic carbocycles. The highest BCUT2D eigenvalue weighted by atomic mass is 32.1. The van der Waals surface area contributed by atoms with Crippen LogP contribution in [0, 0.1) is 0 Å². The summed E-state index contributed by atoms with van der Waals surface area (Å²) in [6.45, 7) is 7.52. The summed E-state index contributed by atoms with van der Waals surface area (Å²) in [6, 6.07) is 15.7. The molecule has 0 radical (unpaired) electrons. The van der Waals surface area contributed by atoms with Gasteiger partial charge < -0.3 is 25.3 Å². The molecule has 6 rings (SSSR count). The van der Waals surface area contributed by atoms with E-state index in [0.29, 0.717) is 22.9 Å². The minimum Gasteiger partial charge on any atom is -0.495 e. The molecule has 1 fully saturated rings. The van der Waals surface area contributed by atoms with Crippen molar-refractivity contribution in [2.75, 3.05) is 78.1 Å². The number of thiophene rings is 1. The van der Waals surface area contributed by atoms with Crippen molar-refractivity contribution < 1.29 is 9.53 Å². The molecule has 5 aromatic rings. The first kappa shape index (κ1) is 30.8. The van der Waals surface area contributed by atoms with Crippen molar-refractivity contribution in [1.82, 2.24) is 24.3 Å². The Morgan fingerprint density at radius 3 is 2.64 bits per heavy atom. The normalized spacial score (nSPS) is 14.7. The standard InChI is InChI=1S/C35H41N7O2S/c1-39(2)14-15-42-18-16-41(17-19-42)13-7-9-26-22-37-34(36)32-27(23-45-33(26)32)24-11-12-28(31(21-24)44-4)38-35(43)30-20-25-8-5-6-10-29(25)40(30)3/h5-12,20-23H,13-19H2,1-4H3,(H2,36,37)(H,38,43). The number of fused-ring (bicyclic) bond motifs is 2. The predicted octanol–water partition coefficient (Wildman–Crippen LogP) is 5.49. The van der Waals surface area contributed by atoms with Crippen molar-refractivity contribution in [3.63, 3.8) is 0 Å². The summed E-state index contributed by atoms with van der Waals surface area (Å²) in [7, 11) is 7.77. The Morgan fingerprint density at radius 2 is 1.89 bits per heavy atom. The number of ether oxygens (including phenoxy) is 1. The minimum absolute atomic E-state index is 0.197. The number of likely N-dealkylation sites (N-methyl/N-ethyl adjacent to an activating group) is 1. The van der Waals surface area contributed by atoms with Gasteiger partial charge in [-0.15, -0.1) is 11.3 Å². The maximum absolute atomic E-state index is 13.3. The average Bonchev–Trinajstić information content (AvgIpc) is 3.65. The first-order valence-electron chi connectivity index (χ1n) is 15.3. The summed E-state index contributed by atoms with van der Waals surface area (Å²) in [6.07, 6.45) is 6.26. The monoisotopic (exact) mass is 623 g/mol. The topological polar surface area (TPSA) is 91.9 Å². The zero-order valence-corrected chi connectivity index (χ0v) is 27.2. The molecule has 10 heteroatoms. The van der Waals surface area contributed by atoms with Crippen molar-refractivity contribution in [2.24, 2.45) is 7.05 Å². The Balaban J connectivity index is 1.17. The van der Waals surface area contributed by atoms with Crippen LogP contribution in [-0.4, -0.2) is 97.2 Å². The Morgan fingerprint density at radius 1 is 1.11 bits per heavy atom. The lowest BCUT2D eigenvalue weighted by Crippen LogP contribution is -2.47. The van der Waals surface area contributed by atoms with E-state index in [1.807, 2.05) is 66.3 Å². The Kier molecular flexibility index (Phi) is 9.18. The number of pyridine rings is 1. The van der Waals surface area contributed by atoms with E-state index in [4.69, 9.17) is 10.5 Å². The fraction of sp³-hybridized carbons (Fsp3) is 0.314. The lowest BCUT2D eigenvalue weighted by Gasteiger charge is -2.34. The zero-order valence-electron chi connectivity index (χ0n) is 26.4. The molecule has 3 aromatic heterocycles. The molecule has 1 amide bonds. The van der Waals surface area contributed by atoms with Crippen LogP contribution in [0.3, 0.4) is 0 Å². The smallest absolute Gasteiger partial charge is 0.272 e. The lowest BCUT2D eigenvalue weighted by molar-refractivity contribution is 0.101. The number of anilines is 2. The third kappa shape index (κ3) is 6.60. The van der Waals surface area contributed by atoms with E-state index in [9.17, 15) is 4.79 Å². The molecule has 45 heavy (non-hydrogen) atoms. The van der Waals surface area contributed by atoms with Gasteiger partial charge in [-0.3, -0.25) is 14.6 Å². The van der Waals surface area contributed by atoms with Gasteiger partial charge in [-0.25, -0.2) is 4.98 Å². The summed E-state index contributed by atoms with van der Waals surface area (Å²) in [5.41, 5.74) is 11.6. The number of amides is 1. The predicted molar refractivity (Wildman–Crippen MR) is 187 cm³/mol. The number of hydrogen-bond acceptors (Lipinski definition) is 8. The van der Waals surface area contributed by atoms with Crippen LogP contribution in [0.15, 0.2) is 66.2 Å². The number of nitrogens with zero attached hydrogens (tertiary/aromatic N) is 5. The van der Waals surface area contributed by atoms with Gasteiger partial charge in [0, 0.05) is 91.2 Å². The fourth-order valence-electron chi connectivity index (χ4n) is 5.94. The second-order valence-corrected chi connectivity index (χ2v) is 12.7. The van der Waals surface area contributed by atoms with Crippen molar-refractivity contribution in [1.29, 1.82) is 0 Å². The minimum atomic E-state index is -0.197. The average molecular weight is 624 g/mol. The number of methoxy groups -OCH3 is 1. The number of aromatic nitrogens is 2. The zero-order chi connectivity index (χ0) is 31.5. The maximum atomic E-state index is 13.3. The van der Waals surface area contributed by atoms with Gasteiger partial charge in [-0.1, -0.05) is 36.4 Å². The van der Waals surface area contributed by atoms with Crippen LogP contribution in [0.1, 0.15) is 16.1 Å². The summed E-state index contributed by atoms with van der Waals surface area (Å²) in [4.78, 5) is 25.1. The van der Waals surface area contributed by atoms with E-state index in [-0.39, 0.29) is 5.91 Å². The number of carbonyl (C=O) groups is 1.